The van der Waals surface area contributed by atoms with Gasteiger partial charge < -0.3 is 10.1 Å². The molecule has 0 radical (unpaired) electrons. The van der Waals surface area contributed by atoms with Crippen molar-refractivity contribution in [3.63, 3.8) is 0 Å². The van der Waals surface area contributed by atoms with Crippen LogP contribution < -0.4 is 0 Å². The summed E-state index contributed by atoms with van der Waals surface area (Å²) in [6.45, 7) is 7.55. The van der Waals surface area contributed by atoms with Gasteiger partial charge in [-0.1, -0.05) is 45.0 Å². The quantitative estimate of drug-likeness (QED) is 0.722. The number of fused-ring (bicyclic) bond motifs is 1. The Kier molecular flexibility index (Phi) is 3.97. The number of aromatic nitrogens is 3. The lowest BCUT2D eigenvalue weighted by Gasteiger charge is -2.16. The molecule has 5 heteroatoms. The molecule has 5 nitrogen and oxygen atoms in total. The van der Waals surface area contributed by atoms with Crippen LogP contribution in [-0.2, 0) is 0 Å². The van der Waals surface area contributed by atoms with E-state index in [9.17, 15) is 9.90 Å². The number of benzene rings is 1. The first-order valence-electron chi connectivity index (χ1n) is 7.91. The molecule has 0 saturated heterocycles. The number of Topliss-reactive ketones (excluding diaryl/α,β-unsaturated/α-hetero) is 1. The Morgan fingerprint density at radius 3 is 2.62 bits per heavy atom. The highest BCUT2D eigenvalue weighted by molar-refractivity contribution is 6.08. The lowest BCUT2D eigenvalue weighted by molar-refractivity contribution is 0.0860. The number of nitrogens with one attached hydrogen (secondary N) is 1. The monoisotopic (exact) mass is 323 g/mol. The van der Waals surface area contributed by atoms with E-state index in [2.05, 4.69) is 15.0 Å². The minimum atomic E-state index is -0.879. The smallest absolute Gasteiger partial charge is 0.171 e. The maximum Gasteiger partial charge on any atom is 0.171 e. The third-order valence-corrected chi connectivity index (χ3v) is 4.09. The van der Waals surface area contributed by atoms with Crippen LogP contribution in [0.2, 0.25) is 0 Å². The molecule has 2 N–H and O–H groups in total. The summed E-state index contributed by atoms with van der Waals surface area (Å²) >= 11 is 0. The van der Waals surface area contributed by atoms with E-state index >= 15 is 0 Å². The van der Waals surface area contributed by atoms with Crippen molar-refractivity contribution in [3.05, 3.63) is 59.0 Å². The summed E-state index contributed by atoms with van der Waals surface area (Å²) in [6, 6.07) is 7.61. The molecule has 0 aliphatic heterocycles. The maximum atomic E-state index is 12.6. The third-order valence-electron chi connectivity index (χ3n) is 4.09. The molecular weight excluding hydrogens is 302 g/mol. The van der Waals surface area contributed by atoms with Crippen LogP contribution in [0.25, 0.3) is 11.2 Å². The summed E-state index contributed by atoms with van der Waals surface area (Å²) in [5, 5.41) is 10.7. The normalized spacial score (nSPS) is 13.2. The van der Waals surface area contributed by atoms with Crippen LogP contribution in [-0.4, -0.2) is 25.8 Å². The highest BCUT2D eigenvalue weighted by Gasteiger charge is 2.27. The van der Waals surface area contributed by atoms with Gasteiger partial charge in [-0.15, -0.1) is 0 Å². The summed E-state index contributed by atoms with van der Waals surface area (Å²) in [5.41, 5.74) is 3.23. The molecule has 2 heterocycles. The largest absolute Gasteiger partial charge is 0.382 e. The number of aromatic amines is 1. The number of aliphatic hydroxyl groups is 1. The van der Waals surface area contributed by atoms with Gasteiger partial charge in [0.2, 0.25) is 0 Å². The molecule has 3 aromatic rings. The van der Waals surface area contributed by atoms with E-state index in [0.29, 0.717) is 22.4 Å². The van der Waals surface area contributed by atoms with E-state index in [1.54, 1.807) is 12.4 Å². The van der Waals surface area contributed by atoms with Gasteiger partial charge in [-0.25, -0.2) is 9.97 Å². The number of rotatable bonds is 3. The first kappa shape index (κ1) is 16.3. The number of aryl methyl sites for hydroxylation is 1. The molecule has 3 rings (SSSR count). The Hall–Kier alpha value is -2.53. The molecule has 0 bridgehead atoms. The van der Waals surface area contributed by atoms with Crippen molar-refractivity contribution in [2.24, 2.45) is 5.41 Å². The van der Waals surface area contributed by atoms with Crippen LogP contribution in [0.15, 0.2) is 36.7 Å². The Morgan fingerprint density at radius 1 is 1.25 bits per heavy atom. The molecule has 0 saturated carbocycles. The lowest BCUT2D eigenvalue weighted by Crippen LogP contribution is -2.20. The Bertz CT molecular complexity index is 906. The maximum absolute atomic E-state index is 12.6. The molecule has 0 aliphatic carbocycles. The molecule has 1 atom stereocenters. The average molecular weight is 323 g/mol. The van der Waals surface area contributed by atoms with E-state index < -0.39 is 11.5 Å². The fourth-order valence-corrected chi connectivity index (χ4v) is 2.67. The second kappa shape index (κ2) is 5.83. The first-order chi connectivity index (χ1) is 11.3. The molecular formula is C19H21N3O2. The van der Waals surface area contributed by atoms with Crippen molar-refractivity contribution < 1.29 is 9.90 Å². The number of ketones is 1. The van der Waals surface area contributed by atoms with Gasteiger partial charge in [-0.05, 0) is 18.1 Å². The molecule has 0 fully saturated rings. The van der Waals surface area contributed by atoms with E-state index in [4.69, 9.17) is 0 Å². The van der Waals surface area contributed by atoms with Crippen molar-refractivity contribution in [2.45, 2.75) is 33.8 Å². The zero-order valence-corrected chi connectivity index (χ0v) is 14.3. The minimum Gasteiger partial charge on any atom is -0.382 e. The van der Waals surface area contributed by atoms with Crippen molar-refractivity contribution in [2.75, 3.05) is 0 Å². The summed E-state index contributed by atoms with van der Waals surface area (Å²) in [6.07, 6.45) is 2.30. The van der Waals surface area contributed by atoms with Crippen molar-refractivity contribution in [3.8, 4) is 0 Å². The fourth-order valence-electron chi connectivity index (χ4n) is 2.67. The molecule has 1 aromatic carbocycles. The number of aliphatic hydroxyl groups excluding tert-OH is 1. The predicted molar refractivity (Wildman–Crippen MR) is 92.9 cm³/mol. The summed E-state index contributed by atoms with van der Waals surface area (Å²) in [5.74, 6) is -0.00872. The van der Waals surface area contributed by atoms with E-state index in [1.807, 2.05) is 52.0 Å². The molecule has 2 aromatic heterocycles. The SMILES string of the molecule is Cc1ccccc1C(O)c1cnc2[nH]cc(C(=O)C(C)(C)C)c2n1. The van der Waals surface area contributed by atoms with E-state index in [1.165, 1.54) is 0 Å². The van der Waals surface area contributed by atoms with Gasteiger partial charge in [0.25, 0.3) is 0 Å². The van der Waals surface area contributed by atoms with Crippen LogP contribution in [0, 0.1) is 12.3 Å². The third kappa shape index (κ3) is 2.83. The second-order valence-corrected chi connectivity index (χ2v) is 7.03. The number of hydrogen-bond acceptors (Lipinski definition) is 4. The van der Waals surface area contributed by atoms with Crippen molar-refractivity contribution in [1.29, 1.82) is 0 Å². The van der Waals surface area contributed by atoms with E-state index in [0.717, 1.165) is 11.1 Å². The van der Waals surface area contributed by atoms with Gasteiger partial charge in [0, 0.05) is 11.6 Å². The van der Waals surface area contributed by atoms with Crippen LogP contribution >= 0.6 is 0 Å². The molecule has 0 aliphatic rings. The standard InChI is InChI=1S/C19H21N3O2/c1-11-7-5-6-8-12(11)16(23)14-10-21-18-15(22-14)13(9-20-18)17(24)19(2,3)4/h5-10,16,23H,1-4H3,(H,20,21). The Morgan fingerprint density at radius 2 is 1.96 bits per heavy atom. The van der Waals surface area contributed by atoms with Crippen LogP contribution in [0.1, 0.15) is 54.1 Å². The number of carbonyl (C=O) groups is 1. The number of nitrogens with zero attached hydrogens (tertiary/aromatic N) is 2. The fraction of sp³-hybridized carbons (Fsp3) is 0.316. The molecule has 124 valence electrons. The summed E-state index contributed by atoms with van der Waals surface area (Å²) < 4.78 is 0. The van der Waals surface area contributed by atoms with Crippen molar-refractivity contribution in [1.82, 2.24) is 15.0 Å². The van der Waals surface area contributed by atoms with Gasteiger partial charge in [0.15, 0.2) is 11.4 Å². The summed E-state index contributed by atoms with van der Waals surface area (Å²) in [7, 11) is 0. The van der Waals surface area contributed by atoms with Gasteiger partial charge in [0.1, 0.15) is 11.6 Å². The van der Waals surface area contributed by atoms with Gasteiger partial charge in [-0.2, -0.15) is 0 Å². The molecule has 0 spiro atoms. The predicted octanol–water partition coefficient (Wildman–Crippen LogP) is 3.58. The lowest BCUT2D eigenvalue weighted by atomic mass is 9.87. The first-order valence-corrected chi connectivity index (χ1v) is 7.91. The summed E-state index contributed by atoms with van der Waals surface area (Å²) in [4.78, 5) is 24.4. The minimum absolute atomic E-state index is 0.00872. The van der Waals surface area contributed by atoms with E-state index in [-0.39, 0.29) is 5.78 Å². The Balaban J connectivity index is 2.08. The topological polar surface area (TPSA) is 78.9 Å². The molecule has 0 amide bonds. The highest BCUT2D eigenvalue weighted by Crippen LogP contribution is 2.28. The molecule has 24 heavy (non-hydrogen) atoms. The molecule has 1 unspecified atom stereocenters. The van der Waals surface area contributed by atoms with Gasteiger partial charge in [0.05, 0.1) is 17.5 Å². The second-order valence-electron chi connectivity index (χ2n) is 7.03. The Labute approximate surface area is 140 Å². The average Bonchev–Trinajstić information content (AvgIpc) is 2.96. The number of carbonyl (C=O) groups excluding carboxylic acids is 1. The van der Waals surface area contributed by atoms with Crippen LogP contribution in [0.3, 0.4) is 0 Å². The van der Waals surface area contributed by atoms with Gasteiger partial charge >= 0.3 is 0 Å². The zero-order valence-electron chi connectivity index (χ0n) is 14.3. The van der Waals surface area contributed by atoms with Gasteiger partial charge in [-0.3, -0.25) is 4.79 Å². The number of hydrogen-bond donors (Lipinski definition) is 2. The zero-order chi connectivity index (χ0) is 17.5. The van der Waals surface area contributed by atoms with Crippen LogP contribution in [0.4, 0.5) is 0 Å². The number of H-pyrrole nitrogens is 1. The highest BCUT2D eigenvalue weighted by atomic mass is 16.3. The van der Waals surface area contributed by atoms with Crippen LogP contribution in [0.5, 0.6) is 0 Å². The van der Waals surface area contributed by atoms with Crippen molar-refractivity contribution >= 4 is 16.9 Å².